The van der Waals surface area contributed by atoms with Crippen LogP contribution in [0.15, 0.2) is 59.7 Å². The van der Waals surface area contributed by atoms with Crippen LogP contribution >= 0.6 is 0 Å². The van der Waals surface area contributed by atoms with E-state index >= 15 is 0 Å². The van der Waals surface area contributed by atoms with Crippen molar-refractivity contribution in [1.82, 2.24) is 0 Å². The molecule has 1 saturated heterocycles. The molecular weight excluding hydrogens is 414 g/mol. The van der Waals surface area contributed by atoms with Crippen molar-refractivity contribution in [2.24, 2.45) is 5.10 Å². The van der Waals surface area contributed by atoms with Gasteiger partial charge in [0.05, 0.1) is 24.5 Å². The van der Waals surface area contributed by atoms with Gasteiger partial charge in [-0.25, -0.2) is 9.59 Å². The Morgan fingerprint density at radius 1 is 0.969 bits per heavy atom. The molecule has 1 aliphatic rings. The fourth-order valence-corrected chi connectivity index (χ4v) is 3.32. The van der Waals surface area contributed by atoms with Crippen molar-refractivity contribution in [2.45, 2.75) is 26.3 Å². The number of Topliss-reactive ketones (excluding diaryl/α,β-unsaturated/α-hetero) is 1. The summed E-state index contributed by atoms with van der Waals surface area (Å²) in [4.78, 5) is 51.5. The summed E-state index contributed by atoms with van der Waals surface area (Å²) in [6.45, 7) is 5.09. The van der Waals surface area contributed by atoms with Crippen molar-refractivity contribution in [3.8, 4) is 0 Å². The Morgan fingerprint density at radius 2 is 1.59 bits per heavy atom. The van der Waals surface area contributed by atoms with E-state index in [1.54, 1.807) is 56.3 Å². The molecule has 3 rings (SSSR count). The van der Waals surface area contributed by atoms with E-state index in [4.69, 9.17) is 9.47 Å². The number of hydrogen-bond acceptors (Lipinski definition) is 8. The SMILES string of the molecule is CCOC(=O)c1ccc(N/N=C2/C(=O)C(=O)N(c3ccccc3)[C@]2(C)C(=O)OCC)cc1. The van der Waals surface area contributed by atoms with Gasteiger partial charge in [0.2, 0.25) is 0 Å². The fourth-order valence-electron chi connectivity index (χ4n) is 3.32. The Labute approximate surface area is 185 Å². The third kappa shape index (κ3) is 4.09. The molecule has 1 fully saturated rings. The molecule has 2 aromatic carbocycles. The number of carbonyl (C=O) groups is 4. The summed E-state index contributed by atoms with van der Waals surface area (Å²) >= 11 is 0. The fraction of sp³-hybridized carbons (Fsp3) is 0.261. The maximum atomic E-state index is 12.9. The van der Waals surface area contributed by atoms with Crippen LogP contribution in [0.5, 0.6) is 0 Å². The molecule has 1 amide bonds. The lowest BCUT2D eigenvalue weighted by molar-refractivity contribution is -0.147. The Bertz CT molecular complexity index is 1060. The van der Waals surface area contributed by atoms with Crippen LogP contribution in [0.1, 0.15) is 31.1 Å². The molecule has 0 bridgehead atoms. The molecule has 0 saturated carbocycles. The van der Waals surface area contributed by atoms with Crippen molar-refractivity contribution in [3.05, 3.63) is 60.2 Å². The van der Waals surface area contributed by atoms with Gasteiger partial charge in [0.15, 0.2) is 11.3 Å². The van der Waals surface area contributed by atoms with E-state index in [9.17, 15) is 19.2 Å². The molecule has 0 aliphatic carbocycles. The van der Waals surface area contributed by atoms with E-state index in [1.807, 2.05) is 0 Å². The van der Waals surface area contributed by atoms with Crippen LogP contribution in [0, 0.1) is 0 Å². The quantitative estimate of drug-likeness (QED) is 0.402. The first-order valence-corrected chi connectivity index (χ1v) is 10.1. The molecule has 1 heterocycles. The van der Waals surface area contributed by atoms with Crippen molar-refractivity contribution < 1.29 is 28.7 Å². The van der Waals surface area contributed by atoms with Crippen LogP contribution in [0.4, 0.5) is 11.4 Å². The summed E-state index contributed by atoms with van der Waals surface area (Å²) in [6.07, 6.45) is 0. The van der Waals surface area contributed by atoms with Gasteiger partial charge in [0.25, 0.3) is 5.78 Å². The number of benzene rings is 2. The van der Waals surface area contributed by atoms with Gasteiger partial charge in [-0.05, 0) is 57.2 Å². The number of carbonyl (C=O) groups excluding carboxylic acids is 4. The molecular formula is C23H23N3O6. The smallest absolute Gasteiger partial charge is 0.338 e. The summed E-state index contributed by atoms with van der Waals surface area (Å²) in [5.41, 5.74) is 1.79. The van der Waals surface area contributed by atoms with Crippen LogP contribution in [0.3, 0.4) is 0 Å². The standard InChI is InChI=1S/C23H23N3O6/c1-4-31-21(29)15-11-13-16(14-12-15)24-25-19-18(27)20(28)26(17-9-7-6-8-10-17)23(19,3)22(30)32-5-2/h6-14,24H,4-5H2,1-3H3/b25-19-/t23-/m0/s1. The third-order valence-corrected chi connectivity index (χ3v) is 4.90. The number of nitrogens with one attached hydrogen (secondary N) is 1. The predicted molar refractivity (Wildman–Crippen MR) is 117 cm³/mol. The highest BCUT2D eigenvalue weighted by Crippen LogP contribution is 2.33. The molecule has 1 atom stereocenters. The van der Waals surface area contributed by atoms with E-state index in [0.717, 1.165) is 4.90 Å². The number of hydrogen-bond donors (Lipinski definition) is 1. The topological polar surface area (TPSA) is 114 Å². The number of para-hydroxylation sites is 1. The second-order valence-corrected chi connectivity index (χ2v) is 6.97. The molecule has 0 spiro atoms. The normalized spacial score (nSPS) is 19.2. The van der Waals surface area contributed by atoms with E-state index in [1.165, 1.54) is 19.1 Å². The zero-order chi connectivity index (χ0) is 23.3. The zero-order valence-electron chi connectivity index (χ0n) is 18.0. The number of rotatable bonds is 7. The van der Waals surface area contributed by atoms with Gasteiger partial charge in [0, 0.05) is 5.69 Å². The maximum Gasteiger partial charge on any atom is 0.338 e. The Balaban J connectivity index is 1.97. The van der Waals surface area contributed by atoms with Gasteiger partial charge in [-0.2, -0.15) is 5.10 Å². The molecule has 0 aromatic heterocycles. The van der Waals surface area contributed by atoms with Gasteiger partial charge in [-0.15, -0.1) is 0 Å². The van der Waals surface area contributed by atoms with Crippen molar-refractivity contribution in [1.29, 1.82) is 0 Å². The number of amides is 1. The average Bonchev–Trinajstić information content (AvgIpc) is 2.99. The first-order chi connectivity index (χ1) is 15.3. The third-order valence-electron chi connectivity index (χ3n) is 4.90. The molecule has 2 aromatic rings. The molecule has 9 nitrogen and oxygen atoms in total. The first-order valence-electron chi connectivity index (χ1n) is 10.1. The molecule has 1 N–H and O–H groups in total. The Morgan fingerprint density at radius 3 is 2.19 bits per heavy atom. The largest absolute Gasteiger partial charge is 0.464 e. The van der Waals surface area contributed by atoms with Gasteiger partial charge in [0.1, 0.15) is 0 Å². The minimum atomic E-state index is -1.76. The highest BCUT2D eigenvalue weighted by Gasteiger charge is 2.60. The summed E-state index contributed by atoms with van der Waals surface area (Å²) < 4.78 is 10.1. The van der Waals surface area contributed by atoms with Gasteiger partial charge < -0.3 is 9.47 Å². The molecule has 9 heteroatoms. The highest BCUT2D eigenvalue weighted by atomic mass is 16.5. The lowest BCUT2D eigenvalue weighted by atomic mass is 9.95. The number of ether oxygens (including phenoxy) is 2. The van der Waals surface area contributed by atoms with Crippen molar-refractivity contribution >= 4 is 40.7 Å². The number of hydrazone groups is 1. The van der Waals surface area contributed by atoms with Gasteiger partial charge >= 0.3 is 17.8 Å². The number of nitrogens with zero attached hydrogens (tertiary/aromatic N) is 2. The molecule has 0 unspecified atom stereocenters. The molecule has 32 heavy (non-hydrogen) atoms. The number of anilines is 2. The van der Waals surface area contributed by atoms with Gasteiger partial charge in [-0.1, -0.05) is 18.2 Å². The molecule has 0 radical (unpaired) electrons. The first kappa shape index (κ1) is 22.7. The van der Waals surface area contributed by atoms with Crippen LogP contribution in [-0.4, -0.2) is 48.1 Å². The van der Waals surface area contributed by atoms with E-state index < -0.39 is 29.2 Å². The van der Waals surface area contributed by atoms with Crippen LogP contribution in [0.25, 0.3) is 0 Å². The maximum absolute atomic E-state index is 12.9. The van der Waals surface area contributed by atoms with Crippen molar-refractivity contribution in [3.63, 3.8) is 0 Å². The number of ketones is 1. The average molecular weight is 437 g/mol. The second kappa shape index (κ2) is 9.42. The van der Waals surface area contributed by atoms with Crippen LogP contribution in [0.2, 0.25) is 0 Å². The van der Waals surface area contributed by atoms with E-state index in [-0.39, 0.29) is 18.9 Å². The lowest BCUT2D eigenvalue weighted by Crippen LogP contribution is -2.55. The summed E-state index contributed by atoms with van der Waals surface area (Å²) in [6, 6.07) is 14.6. The summed E-state index contributed by atoms with van der Waals surface area (Å²) in [7, 11) is 0. The molecule has 1 aliphatic heterocycles. The zero-order valence-corrected chi connectivity index (χ0v) is 18.0. The second-order valence-electron chi connectivity index (χ2n) is 6.97. The monoisotopic (exact) mass is 437 g/mol. The van der Waals surface area contributed by atoms with Crippen molar-refractivity contribution in [2.75, 3.05) is 23.5 Å². The van der Waals surface area contributed by atoms with Gasteiger partial charge in [-0.3, -0.25) is 19.9 Å². The summed E-state index contributed by atoms with van der Waals surface area (Å²) in [5, 5.41) is 4.11. The Kier molecular flexibility index (Phi) is 6.67. The highest BCUT2D eigenvalue weighted by molar-refractivity contribution is 6.75. The predicted octanol–water partition coefficient (Wildman–Crippen LogP) is 2.57. The minimum Gasteiger partial charge on any atom is -0.464 e. The minimum absolute atomic E-state index is 0.0649. The van der Waals surface area contributed by atoms with Crippen LogP contribution in [-0.2, 0) is 23.9 Å². The number of esters is 2. The summed E-state index contributed by atoms with van der Waals surface area (Å²) in [5.74, 6) is -3.04. The molecule has 166 valence electrons. The van der Waals surface area contributed by atoms with E-state index in [0.29, 0.717) is 16.9 Å². The van der Waals surface area contributed by atoms with E-state index in [2.05, 4.69) is 10.5 Å². The lowest BCUT2D eigenvalue weighted by Gasteiger charge is -2.31. The van der Waals surface area contributed by atoms with Crippen LogP contribution < -0.4 is 10.3 Å². The Hall–Kier alpha value is -4.01.